The Bertz CT molecular complexity index is 521. The van der Waals surface area contributed by atoms with E-state index >= 15 is 0 Å². The van der Waals surface area contributed by atoms with Gasteiger partial charge in [0.2, 0.25) is 0 Å². The van der Waals surface area contributed by atoms with Gasteiger partial charge in [0, 0.05) is 31.1 Å². The van der Waals surface area contributed by atoms with Gasteiger partial charge in [-0.3, -0.25) is 4.90 Å². The van der Waals surface area contributed by atoms with Crippen molar-refractivity contribution in [3.05, 3.63) is 41.7 Å². The van der Waals surface area contributed by atoms with Crippen molar-refractivity contribution in [2.24, 2.45) is 0 Å². The molecule has 1 aromatic carbocycles. The Morgan fingerprint density at radius 2 is 1.90 bits per heavy atom. The minimum atomic E-state index is 0.842. The van der Waals surface area contributed by atoms with Gasteiger partial charge in [-0.15, -0.1) is 5.10 Å². The number of hydrogen-bond donors (Lipinski definition) is 0. The van der Waals surface area contributed by atoms with Crippen LogP contribution in [0.5, 0.6) is 0 Å². The summed E-state index contributed by atoms with van der Waals surface area (Å²) in [4.78, 5) is 2.43. The maximum absolute atomic E-state index is 4.18. The molecule has 0 amide bonds. The highest BCUT2D eigenvalue weighted by Gasteiger charge is 2.14. The van der Waals surface area contributed by atoms with Crippen LogP contribution in [0, 0.1) is 0 Å². The second-order valence-corrected chi connectivity index (χ2v) is 6.17. The summed E-state index contributed by atoms with van der Waals surface area (Å²) in [5, 5.41) is 12.1. The average Bonchev–Trinajstić information content (AvgIpc) is 2.94. The molecule has 2 aromatic rings. The highest BCUT2D eigenvalue weighted by Crippen LogP contribution is 2.11. The number of hydrogen-bond acceptors (Lipinski definition) is 5. The quantitative estimate of drug-likeness (QED) is 0.834. The zero-order valence-corrected chi connectivity index (χ0v) is 12.3. The van der Waals surface area contributed by atoms with Crippen LogP contribution in [0.1, 0.15) is 11.4 Å². The molecule has 3 rings (SSSR count). The van der Waals surface area contributed by atoms with Crippen LogP contribution in [0.4, 0.5) is 0 Å². The van der Waals surface area contributed by atoms with Crippen molar-refractivity contribution in [2.45, 2.75) is 19.5 Å². The van der Waals surface area contributed by atoms with Crippen LogP contribution < -0.4 is 0 Å². The average molecular weight is 289 g/mol. The predicted molar refractivity (Wildman–Crippen MR) is 80.6 cm³/mol. The molecule has 1 aromatic heterocycles. The van der Waals surface area contributed by atoms with E-state index in [0.717, 1.165) is 38.4 Å². The van der Waals surface area contributed by atoms with Gasteiger partial charge in [0.15, 0.2) is 5.82 Å². The Morgan fingerprint density at radius 1 is 1.10 bits per heavy atom. The van der Waals surface area contributed by atoms with Crippen LogP contribution in [0.15, 0.2) is 30.3 Å². The summed E-state index contributed by atoms with van der Waals surface area (Å²) in [6, 6.07) is 10.5. The largest absolute Gasteiger partial charge is 0.294 e. The Balaban J connectivity index is 1.58. The van der Waals surface area contributed by atoms with E-state index in [1.165, 1.54) is 17.1 Å². The lowest BCUT2D eigenvalue weighted by molar-refractivity contribution is 0.280. The normalized spacial score (nSPS) is 16.4. The third kappa shape index (κ3) is 3.58. The molecule has 5 nitrogen and oxygen atoms in total. The van der Waals surface area contributed by atoms with E-state index < -0.39 is 0 Å². The van der Waals surface area contributed by atoms with E-state index in [1.54, 1.807) is 0 Å². The van der Waals surface area contributed by atoms with E-state index in [9.17, 15) is 0 Å². The molecule has 1 aliphatic rings. The molecule has 106 valence electrons. The summed E-state index contributed by atoms with van der Waals surface area (Å²) in [6.07, 6.45) is 0.967. The van der Waals surface area contributed by atoms with Crippen LogP contribution in [0.25, 0.3) is 0 Å². The van der Waals surface area contributed by atoms with Crippen molar-refractivity contribution >= 4 is 11.8 Å². The van der Waals surface area contributed by atoms with Gasteiger partial charge in [-0.05, 0) is 22.4 Å². The Labute approximate surface area is 123 Å². The lowest BCUT2D eigenvalue weighted by Crippen LogP contribution is -2.33. The highest BCUT2D eigenvalue weighted by molar-refractivity contribution is 7.99. The topological polar surface area (TPSA) is 46.8 Å². The molecule has 0 N–H and O–H groups in total. The molecular weight excluding hydrogens is 270 g/mol. The zero-order valence-electron chi connectivity index (χ0n) is 11.5. The van der Waals surface area contributed by atoms with Gasteiger partial charge in [0.05, 0.1) is 6.54 Å². The van der Waals surface area contributed by atoms with Gasteiger partial charge in [0.25, 0.3) is 0 Å². The zero-order chi connectivity index (χ0) is 13.6. The molecule has 0 saturated carbocycles. The molecule has 0 atom stereocenters. The maximum Gasteiger partial charge on any atom is 0.165 e. The van der Waals surface area contributed by atoms with E-state index in [-0.39, 0.29) is 0 Å². The molecular formula is C14H19N5S. The number of aromatic nitrogens is 4. The molecule has 0 radical (unpaired) electrons. The lowest BCUT2D eigenvalue weighted by atomic mass is 10.1. The minimum Gasteiger partial charge on any atom is -0.294 e. The number of tetrazole rings is 1. The minimum absolute atomic E-state index is 0.842. The number of rotatable bonds is 5. The first-order chi connectivity index (χ1) is 9.92. The molecule has 6 heteroatoms. The first-order valence-electron chi connectivity index (χ1n) is 7.01. The van der Waals surface area contributed by atoms with E-state index in [1.807, 2.05) is 22.5 Å². The van der Waals surface area contributed by atoms with Crippen molar-refractivity contribution in [1.29, 1.82) is 0 Å². The highest BCUT2D eigenvalue weighted by atomic mass is 32.2. The standard InChI is InChI=1S/C14H19N5S/c1-2-4-13(5-3-1)6-7-19-14(15-16-17-19)12-18-8-10-20-11-9-18/h1-5H,6-12H2. The SMILES string of the molecule is c1ccc(CCn2nnnc2CN2CCSCC2)cc1. The smallest absolute Gasteiger partial charge is 0.165 e. The van der Waals surface area contributed by atoms with E-state index in [2.05, 4.69) is 44.7 Å². The number of aryl methyl sites for hydroxylation is 2. The van der Waals surface area contributed by atoms with Gasteiger partial charge >= 0.3 is 0 Å². The van der Waals surface area contributed by atoms with Crippen LogP contribution in [-0.4, -0.2) is 49.7 Å². The first-order valence-corrected chi connectivity index (χ1v) is 8.16. The molecule has 20 heavy (non-hydrogen) atoms. The molecule has 1 fully saturated rings. The van der Waals surface area contributed by atoms with Gasteiger partial charge in [-0.1, -0.05) is 30.3 Å². The van der Waals surface area contributed by atoms with E-state index in [4.69, 9.17) is 0 Å². The predicted octanol–water partition coefficient (Wildman–Crippen LogP) is 1.46. The Hall–Kier alpha value is -1.40. The number of benzene rings is 1. The van der Waals surface area contributed by atoms with Gasteiger partial charge < -0.3 is 0 Å². The third-order valence-corrected chi connectivity index (χ3v) is 4.47. The summed E-state index contributed by atoms with van der Waals surface area (Å²) in [5.41, 5.74) is 1.32. The van der Waals surface area contributed by atoms with Gasteiger partial charge in [0.1, 0.15) is 0 Å². The molecule has 2 heterocycles. The number of thioether (sulfide) groups is 1. The monoisotopic (exact) mass is 289 g/mol. The Morgan fingerprint density at radius 3 is 2.70 bits per heavy atom. The third-order valence-electron chi connectivity index (χ3n) is 3.53. The van der Waals surface area contributed by atoms with Crippen molar-refractivity contribution in [3.8, 4) is 0 Å². The molecule has 0 aliphatic carbocycles. The Kier molecular flexibility index (Phi) is 4.65. The fraction of sp³-hybridized carbons (Fsp3) is 0.500. The van der Waals surface area contributed by atoms with Crippen LogP contribution in [0.3, 0.4) is 0 Å². The maximum atomic E-state index is 4.18. The second kappa shape index (κ2) is 6.85. The van der Waals surface area contributed by atoms with Crippen molar-refractivity contribution < 1.29 is 0 Å². The van der Waals surface area contributed by atoms with E-state index in [0.29, 0.717) is 0 Å². The molecule has 0 unspecified atom stereocenters. The summed E-state index contributed by atoms with van der Waals surface area (Å²) >= 11 is 2.02. The van der Waals surface area contributed by atoms with Gasteiger partial charge in [-0.25, -0.2) is 4.68 Å². The van der Waals surface area contributed by atoms with Crippen LogP contribution >= 0.6 is 11.8 Å². The summed E-state index contributed by atoms with van der Waals surface area (Å²) in [7, 11) is 0. The van der Waals surface area contributed by atoms with Crippen LogP contribution in [0.2, 0.25) is 0 Å². The second-order valence-electron chi connectivity index (χ2n) is 4.94. The van der Waals surface area contributed by atoms with Crippen LogP contribution in [-0.2, 0) is 19.5 Å². The summed E-state index contributed by atoms with van der Waals surface area (Å²) < 4.78 is 1.94. The van der Waals surface area contributed by atoms with Crippen molar-refractivity contribution in [2.75, 3.05) is 24.6 Å². The lowest BCUT2D eigenvalue weighted by Gasteiger charge is -2.25. The fourth-order valence-electron chi connectivity index (χ4n) is 2.35. The van der Waals surface area contributed by atoms with Crippen molar-refractivity contribution in [1.82, 2.24) is 25.1 Å². The van der Waals surface area contributed by atoms with Crippen molar-refractivity contribution in [3.63, 3.8) is 0 Å². The summed E-state index contributed by atoms with van der Waals surface area (Å²) in [6.45, 7) is 3.98. The molecule has 0 bridgehead atoms. The molecule has 1 saturated heterocycles. The number of nitrogens with zero attached hydrogens (tertiary/aromatic N) is 5. The van der Waals surface area contributed by atoms with Gasteiger partial charge in [-0.2, -0.15) is 11.8 Å². The summed E-state index contributed by atoms with van der Waals surface area (Å²) in [5.74, 6) is 3.41. The molecule has 0 spiro atoms. The fourth-order valence-corrected chi connectivity index (χ4v) is 3.33. The first kappa shape index (κ1) is 13.6. The molecule has 1 aliphatic heterocycles.